The molecule has 1 N–H and O–H groups in total. The standard InChI is InChI=1S/C21H18O6S/c1-13-10-17(23)20(21(24)27-13)16(22)7-5-14-6-8-18(19(11-14)25-2)26-12-15-4-3-9-28-15/h3-11,23H,12H2,1-2H3/b7-5+. The van der Waals surface area contributed by atoms with Gasteiger partial charge >= 0.3 is 5.63 Å². The maximum absolute atomic E-state index is 12.3. The van der Waals surface area contributed by atoms with E-state index in [1.165, 1.54) is 32.3 Å². The van der Waals surface area contributed by atoms with Crippen LogP contribution in [0.15, 0.2) is 57.1 Å². The van der Waals surface area contributed by atoms with Crippen LogP contribution in [0.5, 0.6) is 17.2 Å². The highest BCUT2D eigenvalue weighted by Gasteiger charge is 2.16. The highest BCUT2D eigenvalue weighted by molar-refractivity contribution is 7.09. The first-order chi connectivity index (χ1) is 13.5. The molecule has 0 aliphatic heterocycles. The summed E-state index contributed by atoms with van der Waals surface area (Å²) in [5.74, 6) is 0.271. The first-order valence-corrected chi connectivity index (χ1v) is 9.25. The number of hydrogen-bond acceptors (Lipinski definition) is 7. The normalized spacial score (nSPS) is 10.9. The third-order valence-electron chi connectivity index (χ3n) is 3.87. The molecule has 7 heteroatoms. The molecule has 0 aliphatic rings. The molecule has 28 heavy (non-hydrogen) atoms. The molecule has 0 atom stereocenters. The second kappa shape index (κ2) is 8.58. The van der Waals surface area contributed by atoms with Crippen molar-refractivity contribution in [2.45, 2.75) is 13.5 Å². The van der Waals surface area contributed by atoms with E-state index in [0.717, 1.165) is 4.88 Å². The van der Waals surface area contributed by atoms with Crippen LogP contribution in [0.25, 0.3) is 6.08 Å². The Balaban J connectivity index is 1.77. The van der Waals surface area contributed by atoms with E-state index in [9.17, 15) is 14.7 Å². The number of thiophene rings is 1. The number of carbonyl (C=O) groups is 1. The van der Waals surface area contributed by atoms with Crippen LogP contribution in [-0.2, 0) is 6.61 Å². The van der Waals surface area contributed by atoms with E-state index in [0.29, 0.717) is 23.7 Å². The number of ketones is 1. The summed E-state index contributed by atoms with van der Waals surface area (Å²) in [7, 11) is 1.53. The van der Waals surface area contributed by atoms with Gasteiger partial charge in [-0.3, -0.25) is 4.79 Å². The molecule has 6 nitrogen and oxygen atoms in total. The number of hydrogen-bond donors (Lipinski definition) is 1. The zero-order chi connectivity index (χ0) is 20.1. The highest BCUT2D eigenvalue weighted by Crippen LogP contribution is 2.30. The third kappa shape index (κ3) is 4.50. The topological polar surface area (TPSA) is 86.0 Å². The predicted molar refractivity (Wildman–Crippen MR) is 106 cm³/mol. The van der Waals surface area contributed by atoms with Crippen molar-refractivity contribution in [2.24, 2.45) is 0 Å². The Morgan fingerprint density at radius 1 is 1.25 bits per heavy atom. The van der Waals surface area contributed by atoms with Gasteiger partial charge in [0, 0.05) is 10.9 Å². The Hall–Kier alpha value is -3.32. The minimum atomic E-state index is -0.873. The molecule has 0 saturated carbocycles. The molecular weight excluding hydrogens is 380 g/mol. The summed E-state index contributed by atoms with van der Waals surface area (Å²) in [6, 6.07) is 10.4. The second-order valence-corrected chi connectivity index (χ2v) is 6.91. The molecule has 0 spiro atoms. The van der Waals surface area contributed by atoms with Crippen molar-refractivity contribution in [2.75, 3.05) is 7.11 Å². The van der Waals surface area contributed by atoms with Crippen molar-refractivity contribution in [1.82, 2.24) is 0 Å². The zero-order valence-electron chi connectivity index (χ0n) is 15.3. The molecule has 0 fully saturated rings. The van der Waals surface area contributed by atoms with E-state index in [2.05, 4.69) is 0 Å². The summed E-state index contributed by atoms with van der Waals surface area (Å²) in [5, 5.41) is 11.8. The molecule has 0 amide bonds. The molecule has 1 aromatic carbocycles. The van der Waals surface area contributed by atoms with Gasteiger partial charge in [0.25, 0.3) is 0 Å². The van der Waals surface area contributed by atoms with Gasteiger partial charge in [-0.25, -0.2) is 4.79 Å². The van der Waals surface area contributed by atoms with E-state index < -0.39 is 22.7 Å². The lowest BCUT2D eigenvalue weighted by molar-refractivity contribution is 0.104. The number of allylic oxidation sites excluding steroid dienone is 1. The van der Waals surface area contributed by atoms with E-state index >= 15 is 0 Å². The fourth-order valence-electron chi connectivity index (χ4n) is 2.53. The summed E-state index contributed by atoms with van der Waals surface area (Å²) < 4.78 is 16.0. The molecule has 0 saturated heterocycles. The molecular formula is C21H18O6S. The van der Waals surface area contributed by atoms with Gasteiger partial charge in [-0.05, 0) is 42.1 Å². The number of rotatable bonds is 7. The van der Waals surface area contributed by atoms with Crippen molar-refractivity contribution < 1.29 is 23.8 Å². The summed E-state index contributed by atoms with van der Waals surface area (Å²) in [6.07, 6.45) is 2.72. The lowest BCUT2D eigenvalue weighted by Crippen LogP contribution is -2.12. The lowest BCUT2D eigenvalue weighted by Gasteiger charge is -2.10. The van der Waals surface area contributed by atoms with Gasteiger partial charge in [-0.15, -0.1) is 11.3 Å². The van der Waals surface area contributed by atoms with Crippen molar-refractivity contribution in [1.29, 1.82) is 0 Å². The SMILES string of the molecule is COc1cc(/C=C/C(=O)c2c(O)cc(C)oc2=O)ccc1OCc1cccs1. The third-order valence-corrected chi connectivity index (χ3v) is 4.72. The van der Waals surface area contributed by atoms with Gasteiger partial charge in [0.2, 0.25) is 0 Å². The van der Waals surface area contributed by atoms with Crippen LogP contribution < -0.4 is 15.1 Å². The molecule has 0 aliphatic carbocycles. The number of ether oxygens (including phenoxy) is 2. The van der Waals surface area contributed by atoms with E-state index in [1.54, 1.807) is 29.5 Å². The Morgan fingerprint density at radius 2 is 2.07 bits per heavy atom. The van der Waals surface area contributed by atoms with Crippen LogP contribution in [0.2, 0.25) is 0 Å². The van der Waals surface area contributed by atoms with Gasteiger partial charge in [0.15, 0.2) is 17.3 Å². The van der Waals surface area contributed by atoms with Crippen molar-refractivity contribution in [3.05, 3.63) is 80.0 Å². The summed E-state index contributed by atoms with van der Waals surface area (Å²) in [5.41, 5.74) is -0.601. The van der Waals surface area contributed by atoms with Crippen LogP contribution in [0, 0.1) is 6.92 Å². The van der Waals surface area contributed by atoms with Gasteiger partial charge in [0.05, 0.1) is 7.11 Å². The van der Waals surface area contributed by atoms with Gasteiger partial charge in [-0.1, -0.05) is 18.2 Å². The first kappa shape index (κ1) is 19.4. The van der Waals surface area contributed by atoms with Gasteiger partial charge < -0.3 is 19.0 Å². The zero-order valence-corrected chi connectivity index (χ0v) is 16.1. The van der Waals surface area contributed by atoms with E-state index in [1.807, 2.05) is 17.5 Å². The fourth-order valence-corrected chi connectivity index (χ4v) is 3.14. The first-order valence-electron chi connectivity index (χ1n) is 8.37. The molecule has 144 valence electrons. The number of methoxy groups -OCH3 is 1. The maximum atomic E-state index is 12.3. The van der Waals surface area contributed by atoms with Crippen LogP contribution in [0.3, 0.4) is 0 Å². The fraction of sp³-hybridized carbons (Fsp3) is 0.143. The molecule has 3 aromatic rings. The number of aryl methyl sites for hydroxylation is 1. The minimum absolute atomic E-state index is 0.228. The van der Waals surface area contributed by atoms with Crippen LogP contribution in [0.4, 0.5) is 0 Å². The van der Waals surface area contributed by atoms with Gasteiger partial charge in [0.1, 0.15) is 23.7 Å². The molecule has 0 radical (unpaired) electrons. The van der Waals surface area contributed by atoms with Crippen molar-refractivity contribution >= 4 is 23.2 Å². The average Bonchev–Trinajstić information content (AvgIpc) is 3.17. The van der Waals surface area contributed by atoms with E-state index in [4.69, 9.17) is 13.9 Å². The van der Waals surface area contributed by atoms with Crippen LogP contribution in [-0.4, -0.2) is 18.0 Å². The van der Waals surface area contributed by atoms with Gasteiger partial charge in [-0.2, -0.15) is 0 Å². The number of benzene rings is 1. The van der Waals surface area contributed by atoms with Crippen molar-refractivity contribution in [3.63, 3.8) is 0 Å². The summed E-state index contributed by atoms with van der Waals surface area (Å²) in [4.78, 5) is 25.2. The lowest BCUT2D eigenvalue weighted by atomic mass is 10.1. The largest absolute Gasteiger partial charge is 0.507 e. The monoisotopic (exact) mass is 398 g/mol. The quantitative estimate of drug-likeness (QED) is 0.474. The molecule has 0 bridgehead atoms. The number of carbonyl (C=O) groups excluding carboxylic acids is 1. The predicted octanol–water partition coefficient (Wildman–Crippen LogP) is 4.20. The Labute approximate surface area is 165 Å². The van der Waals surface area contributed by atoms with Crippen LogP contribution in [0.1, 0.15) is 26.6 Å². The molecule has 2 heterocycles. The second-order valence-electron chi connectivity index (χ2n) is 5.88. The highest BCUT2D eigenvalue weighted by atomic mass is 32.1. The average molecular weight is 398 g/mol. The summed E-state index contributed by atoms with van der Waals surface area (Å²) >= 11 is 1.60. The Bertz CT molecular complexity index is 1060. The molecule has 2 aromatic heterocycles. The smallest absolute Gasteiger partial charge is 0.351 e. The van der Waals surface area contributed by atoms with Crippen LogP contribution >= 0.6 is 11.3 Å². The Morgan fingerprint density at radius 3 is 2.75 bits per heavy atom. The summed E-state index contributed by atoms with van der Waals surface area (Å²) in [6.45, 7) is 1.95. The van der Waals surface area contributed by atoms with Crippen molar-refractivity contribution in [3.8, 4) is 17.2 Å². The minimum Gasteiger partial charge on any atom is -0.507 e. The maximum Gasteiger partial charge on any atom is 0.351 e. The Kier molecular flexibility index (Phi) is 5.96. The molecule has 0 unspecified atom stereocenters. The number of aromatic hydroxyl groups is 1. The van der Waals surface area contributed by atoms with E-state index in [-0.39, 0.29) is 5.76 Å². The molecule has 3 rings (SSSR count).